The molecule has 0 aliphatic heterocycles. The van der Waals surface area contributed by atoms with Crippen molar-refractivity contribution in [3.63, 3.8) is 0 Å². The van der Waals surface area contributed by atoms with Crippen molar-refractivity contribution in [2.45, 2.75) is 19.4 Å². The first-order valence-corrected chi connectivity index (χ1v) is 6.45. The lowest BCUT2D eigenvalue weighted by Gasteiger charge is -2.25. The Hall–Kier alpha value is -1.70. The predicted molar refractivity (Wildman–Crippen MR) is 73.6 cm³/mol. The highest BCUT2D eigenvalue weighted by molar-refractivity contribution is 9.10. The lowest BCUT2D eigenvalue weighted by Crippen LogP contribution is -2.38. The number of nitrogens with zero attached hydrogens (tertiary/aromatic N) is 2. The molecule has 0 heterocycles. The molecule has 0 saturated heterocycles. The zero-order valence-electron chi connectivity index (χ0n) is 10.9. The van der Waals surface area contributed by atoms with Gasteiger partial charge in [0.15, 0.2) is 0 Å². The quantitative estimate of drug-likeness (QED) is 0.379. The normalized spacial score (nSPS) is 13.2. The molecule has 0 radical (unpaired) electrons. The Labute approximate surface area is 123 Å². The first-order valence-electron chi connectivity index (χ1n) is 5.66. The number of amidine groups is 1. The standard InChI is InChI=1S/C12H14BrF2N3O2/c1-6(3-10(16)17-20)18(2)12(19)11-8(14)4-7(13)5-9(11)15/h4-6,20H,3H2,1-2H3,(H2,16,17). The second-order valence-corrected chi connectivity index (χ2v) is 5.22. The number of oxime groups is 1. The molecular formula is C12H14BrF2N3O2. The van der Waals surface area contributed by atoms with Gasteiger partial charge in [-0.05, 0) is 19.1 Å². The number of amides is 1. The van der Waals surface area contributed by atoms with Crippen LogP contribution in [0, 0.1) is 11.6 Å². The fourth-order valence-corrected chi connectivity index (χ4v) is 2.01. The molecule has 1 aromatic carbocycles. The zero-order chi connectivity index (χ0) is 15.4. The van der Waals surface area contributed by atoms with Gasteiger partial charge in [-0.3, -0.25) is 4.79 Å². The van der Waals surface area contributed by atoms with Crippen LogP contribution >= 0.6 is 15.9 Å². The van der Waals surface area contributed by atoms with Crippen LogP contribution in [0.25, 0.3) is 0 Å². The summed E-state index contributed by atoms with van der Waals surface area (Å²) >= 11 is 2.94. The first kappa shape index (κ1) is 16.4. The fourth-order valence-electron chi connectivity index (χ4n) is 1.60. The van der Waals surface area contributed by atoms with E-state index >= 15 is 0 Å². The summed E-state index contributed by atoms with van der Waals surface area (Å²) in [6.07, 6.45) is 0.0819. The minimum atomic E-state index is -0.954. The van der Waals surface area contributed by atoms with E-state index in [4.69, 9.17) is 10.9 Å². The molecule has 1 amide bonds. The van der Waals surface area contributed by atoms with Crippen molar-refractivity contribution in [3.8, 4) is 0 Å². The lowest BCUT2D eigenvalue weighted by molar-refractivity contribution is 0.0737. The highest BCUT2D eigenvalue weighted by atomic mass is 79.9. The van der Waals surface area contributed by atoms with E-state index in [0.717, 1.165) is 17.0 Å². The summed E-state index contributed by atoms with van der Waals surface area (Å²) in [7, 11) is 1.39. The van der Waals surface area contributed by atoms with Crippen LogP contribution in [0.3, 0.4) is 0 Å². The molecule has 0 spiro atoms. The van der Waals surface area contributed by atoms with Gasteiger partial charge in [-0.2, -0.15) is 0 Å². The van der Waals surface area contributed by atoms with Crippen molar-refractivity contribution in [1.29, 1.82) is 0 Å². The minimum absolute atomic E-state index is 0.0751. The summed E-state index contributed by atoms with van der Waals surface area (Å²) < 4.78 is 27.6. The van der Waals surface area contributed by atoms with E-state index in [1.807, 2.05) is 0 Å². The van der Waals surface area contributed by atoms with E-state index in [1.165, 1.54) is 7.05 Å². The molecule has 0 aromatic heterocycles. The van der Waals surface area contributed by atoms with Gasteiger partial charge in [0.25, 0.3) is 5.91 Å². The van der Waals surface area contributed by atoms with E-state index in [1.54, 1.807) is 6.92 Å². The Morgan fingerprint density at radius 1 is 1.50 bits per heavy atom. The maximum Gasteiger partial charge on any atom is 0.259 e. The molecule has 0 saturated carbocycles. The van der Waals surface area contributed by atoms with Crippen molar-refractivity contribution >= 4 is 27.7 Å². The van der Waals surface area contributed by atoms with Crippen molar-refractivity contribution in [1.82, 2.24) is 4.90 Å². The molecule has 1 atom stereocenters. The van der Waals surface area contributed by atoms with Gasteiger partial charge < -0.3 is 15.8 Å². The van der Waals surface area contributed by atoms with Gasteiger partial charge in [0.05, 0.1) is 0 Å². The Bertz CT molecular complexity index is 528. The molecule has 0 aliphatic rings. The summed E-state index contributed by atoms with van der Waals surface area (Å²) in [4.78, 5) is 13.2. The van der Waals surface area contributed by atoms with Crippen LogP contribution in [0.2, 0.25) is 0 Å². The van der Waals surface area contributed by atoms with Crippen LogP contribution in [-0.4, -0.2) is 34.9 Å². The molecule has 8 heteroatoms. The third-order valence-electron chi connectivity index (χ3n) is 2.84. The van der Waals surface area contributed by atoms with E-state index in [9.17, 15) is 13.6 Å². The number of carbonyl (C=O) groups is 1. The molecule has 3 N–H and O–H groups in total. The van der Waals surface area contributed by atoms with Crippen molar-refractivity contribution in [2.24, 2.45) is 10.9 Å². The number of halogens is 3. The third-order valence-corrected chi connectivity index (χ3v) is 3.29. The SMILES string of the molecule is CC(CC(N)=NO)N(C)C(=O)c1c(F)cc(Br)cc1F. The van der Waals surface area contributed by atoms with Crippen molar-refractivity contribution < 1.29 is 18.8 Å². The minimum Gasteiger partial charge on any atom is -0.409 e. The maximum atomic E-state index is 13.7. The predicted octanol–water partition coefficient (Wildman–Crippen LogP) is 2.32. The van der Waals surface area contributed by atoms with Crippen molar-refractivity contribution in [2.75, 3.05) is 7.05 Å². The molecule has 5 nitrogen and oxygen atoms in total. The van der Waals surface area contributed by atoms with E-state index in [-0.39, 0.29) is 16.7 Å². The van der Waals surface area contributed by atoms with Crippen LogP contribution in [0.5, 0.6) is 0 Å². The molecule has 0 fully saturated rings. The highest BCUT2D eigenvalue weighted by Gasteiger charge is 2.25. The van der Waals surface area contributed by atoms with Crippen LogP contribution < -0.4 is 5.73 Å². The van der Waals surface area contributed by atoms with Crippen LogP contribution in [0.15, 0.2) is 21.8 Å². The Morgan fingerprint density at radius 2 is 2.00 bits per heavy atom. The van der Waals surface area contributed by atoms with Crippen LogP contribution in [-0.2, 0) is 0 Å². The van der Waals surface area contributed by atoms with Gasteiger partial charge in [0.1, 0.15) is 23.0 Å². The molecule has 1 rings (SSSR count). The monoisotopic (exact) mass is 349 g/mol. The highest BCUT2D eigenvalue weighted by Crippen LogP contribution is 2.21. The lowest BCUT2D eigenvalue weighted by atomic mass is 10.1. The number of hydrogen-bond acceptors (Lipinski definition) is 3. The molecular weight excluding hydrogens is 336 g/mol. The van der Waals surface area contributed by atoms with Gasteiger partial charge >= 0.3 is 0 Å². The fraction of sp³-hybridized carbons (Fsp3) is 0.333. The van der Waals surface area contributed by atoms with Gasteiger partial charge in [0, 0.05) is 24.0 Å². The first-order chi connectivity index (χ1) is 9.27. The average molecular weight is 350 g/mol. The second kappa shape index (κ2) is 6.65. The number of nitrogens with two attached hydrogens (primary N) is 1. The smallest absolute Gasteiger partial charge is 0.259 e. The Kier molecular flexibility index (Phi) is 5.43. The van der Waals surface area contributed by atoms with Crippen molar-refractivity contribution in [3.05, 3.63) is 33.8 Å². The number of hydrogen-bond donors (Lipinski definition) is 2. The Morgan fingerprint density at radius 3 is 2.45 bits per heavy atom. The van der Waals surface area contributed by atoms with Crippen LogP contribution in [0.1, 0.15) is 23.7 Å². The topological polar surface area (TPSA) is 78.9 Å². The number of rotatable bonds is 4. The van der Waals surface area contributed by atoms with Gasteiger partial charge in [-0.1, -0.05) is 21.1 Å². The van der Waals surface area contributed by atoms with Gasteiger partial charge in [-0.15, -0.1) is 0 Å². The summed E-state index contributed by atoms with van der Waals surface area (Å²) in [6, 6.07) is 1.54. The van der Waals surface area contributed by atoms with E-state index < -0.39 is 29.1 Å². The van der Waals surface area contributed by atoms with E-state index in [2.05, 4.69) is 21.1 Å². The molecule has 0 bridgehead atoms. The Balaban J connectivity index is 3.01. The number of benzene rings is 1. The average Bonchev–Trinajstić information content (AvgIpc) is 2.36. The summed E-state index contributed by atoms with van der Waals surface area (Å²) in [5, 5.41) is 11.3. The third kappa shape index (κ3) is 3.66. The van der Waals surface area contributed by atoms with Crippen LogP contribution in [0.4, 0.5) is 8.78 Å². The second-order valence-electron chi connectivity index (χ2n) is 4.30. The zero-order valence-corrected chi connectivity index (χ0v) is 12.5. The molecule has 20 heavy (non-hydrogen) atoms. The largest absolute Gasteiger partial charge is 0.409 e. The molecule has 1 aromatic rings. The summed E-state index contributed by atoms with van der Waals surface area (Å²) in [5.41, 5.74) is 4.70. The summed E-state index contributed by atoms with van der Waals surface area (Å²) in [6.45, 7) is 1.62. The van der Waals surface area contributed by atoms with E-state index in [0.29, 0.717) is 0 Å². The molecule has 0 aliphatic carbocycles. The van der Waals surface area contributed by atoms with Gasteiger partial charge in [-0.25, -0.2) is 8.78 Å². The molecule has 1 unspecified atom stereocenters. The number of carbonyl (C=O) groups excluding carboxylic acids is 1. The molecule has 110 valence electrons. The summed E-state index contributed by atoms with van der Waals surface area (Å²) in [5.74, 6) is -2.80. The van der Waals surface area contributed by atoms with Gasteiger partial charge in [0.2, 0.25) is 0 Å². The maximum absolute atomic E-state index is 13.7.